The molecular formula is C17H21N5O2. The molecule has 1 N–H and O–H groups in total. The summed E-state index contributed by atoms with van der Waals surface area (Å²) in [5.74, 6) is 0.686. The third-order valence-corrected chi connectivity index (χ3v) is 4.01. The minimum atomic E-state index is -0.169. The van der Waals surface area contributed by atoms with Gasteiger partial charge in [-0.3, -0.25) is 9.48 Å². The van der Waals surface area contributed by atoms with Crippen LogP contribution in [0.5, 0.6) is 0 Å². The summed E-state index contributed by atoms with van der Waals surface area (Å²) in [4.78, 5) is 16.8. The van der Waals surface area contributed by atoms with Gasteiger partial charge in [-0.05, 0) is 13.0 Å². The molecule has 24 heavy (non-hydrogen) atoms. The van der Waals surface area contributed by atoms with E-state index in [4.69, 9.17) is 4.74 Å². The summed E-state index contributed by atoms with van der Waals surface area (Å²) in [6, 6.07) is 7.70. The van der Waals surface area contributed by atoms with E-state index in [1.807, 2.05) is 49.0 Å². The van der Waals surface area contributed by atoms with E-state index >= 15 is 0 Å². The Kier molecular flexibility index (Phi) is 4.61. The molecule has 0 spiro atoms. The first kappa shape index (κ1) is 16.2. The molecule has 126 valence electrons. The van der Waals surface area contributed by atoms with Crippen molar-refractivity contribution >= 4 is 16.8 Å². The number of hydrogen-bond acceptors (Lipinski definition) is 4. The third-order valence-electron chi connectivity index (χ3n) is 4.01. The van der Waals surface area contributed by atoms with E-state index in [1.165, 1.54) is 0 Å². The fourth-order valence-electron chi connectivity index (χ4n) is 2.81. The van der Waals surface area contributed by atoms with Crippen LogP contribution in [0.2, 0.25) is 0 Å². The summed E-state index contributed by atoms with van der Waals surface area (Å²) in [7, 11) is 3.48. The van der Waals surface area contributed by atoms with E-state index in [9.17, 15) is 4.79 Å². The van der Waals surface area contributed by atoms with Gasteiger partial charge in [-0.2, -0.15) is 5.10 Å². The molecule has 0 aliphatic rings. The Bertz CT molecular complexity index is 865. The molecule has 0 aliphatic heterocycles. The van der Waals surface area contributed by atoms with Crippen LogP contribution in [0.1, 0.15) is 22.0 Å². The summed E-state index contributed by atoms with van der Waals surface area (Å²) in [6.07, 6.45) is 1.81. The van der Waals surface area contributed by atoms with Crippen LogP contribution in [0.15, 0.2) is 30.5 Å². The molecule has 0 radical (unpaired) electrons. The lowest BCUT2D eigenvalue weighted by Gasteiger charge is -2.10. The van der Waals surface area contributed by atoms with Gasteiger partial charge in [-0.15, -0.1) is 0 Å². The molecule has 1 amide bonds. The number of hydrogen-bond donors (Lipinski definition) is 1. The first-order chi connectivity index (χ1) is 11.6. The number of rotatable bonds is 6. The molecule has 1 aromatic carbocycles. The number of methoxy groups -OCH3 is 1. The summed E-state index contributed by atoms with van der Waals surface area (Å²) < 4.78 is 8.91. The SMILES string of the molecule is COCc1ncc(C)n1CCNC(=O)c1nn(C)c2ccccc12. The number of aryl methyl sites for hydroxylation is 2. The first-order valence-electron chi connectivity index (χ1n) is 7.81. The maximum atomic E-state index is 12.5. The van der Waals surface area contributed by atoms with Crippen LogP contribution < -0.4 is 5.32 Å². The Labute approximate surface area is 140 Å². The molecular weight excluding hydrogens is 306 g/mol. The van der Waals surface area contributed by atoms with E-state index in [0.717, 1.165) is 22.4 Å². The van der Waals surface area contributed by atoms with Crippen molar-refractivity contribution in [3.8, 4) is 0 Å². The number of benzene rings is 1. The molecule has 0 fully saturated rings. The lowest BCUT2D eigenvalue weighted by atomic mass is 10.2. The highest BCUT2D eigenvalue weighted by Gasteiger charge is 2.15. The van der Waals surface area contributed by atoms with Crippen molar-refractivity contribution in [2.24, 2.45) is 7.05 Å². The second kappa shape index (κ2) is 6.84. The number of carbonyl (C=O) groups is 1. The van der Waals surface area contributed by atoms with E-state index in [2.05, 4.69) is 15.4 Å². The highest BCUT2D eigenvalue weighted by atomic mass is 16.5. The van der Waals surface area contributed by atoms with Crippen LogP contribution in [-0.4, -0.2) is 38.9 Å². The summed E-state index contributed by atoms with van der Waals surface area (Å²) in [5, 5.41) is 8.13. The van der Waals surface area contributed by atoms with Crippen molar-refractivity contribution in [3.05, 3.63) is 47.7 Å². The minimum Gasteiger partial charge on any atom is -0.377 e. The number of nitrogens with one attached hydrogen (secondary N) is 1. The van der Waals surface area contributed by atoms with Gasteiger partial charge in [0.05, 0.1) is 5.52 Å². The maximum absolute atomic E-state index is 12.5. The molecule has 2 heterocycles. The molecule has 0 saturated heterocycles. The fourth-order valence-corrected chi connectivity index (χ4v) is 2.81. The Balaban J connectivity index is 1.69. The van der Waals surface area contributed by atoms with Crippen LogP contribution in [0.3, 0.4) is 0 Å². The van der Waals surface area contributed by atoms with E-state index in [1.54, 1.807) is 11.8 Å². The topological polar surface area (TPSA) is 74.0 Å². The minimum absolute atomic E-state index is 0.169. The highest BCUT2D eigenvalue weighted by molar-refractivity contribution is 6.04. The van der Waals surface area contributed by atoms with Crippen LogP contribution >= 0.6 is 0 Å². The largest absolute Gasteiger partial charge is 0.377 e. The molecule has 0 atom stereocenters. The maximum Gasteiger partial charge on any atom is 0.272 e. The van der Waals surface area contributed by atoms with Gasteiger partial charge in [0.15, 0.2) is 5.69 Å². The summed E-state index contributed by atoms with van der Waals surface area (Å²) >= 11 is 0. The predicted octanol–water partition coefficient (Wildman–Crippen LogP) is 1.65. The van der Waals surface area contributed by atoms with Gasteiger partial charge in [-0.1, -0.05) is 18.2 Å². The van der Waals surface area contributed by atoms with Gasteiger partial charge >= 0.3 is 0 Å². The number of nitrogens with zero attached hydrogens (tertiary/aromatic N) is 4. The molecule has 3 rings (SSSR count). The molecule has 0 aliphatic carbocycles. The highest BCUT2D eigenvalue weighted by Crippen LogP contribution is 2.17. The zero-order chi connectivity index (χ0) is 17.1. The van der Waals surface area contributed by atoms with Crippen molar-refractivity contribution in [2.75, 3.05) is 13.7 Å². The second-order valence-electron chi connectivity index (χ2n) is 5.65. The standard InChI is InChI=1S/C17H21N5O2/c1-12-10-19-15(11-24-3)22(12)9-8-18-17(23)16-13-6-4-5-7-14(13)21(2)20-16/h4-7,10H,8-9,11H2,1-3H3,(H,18,23). The molecule has 7 heteroatoms. The van der Waals surface area contributed by atoms with Crippen molar-refractivity contribution in [3.63, 3.8) is 0 Å². The van der Waals surface area contributed by atoms with Crippen molar-refractivity contribution < 1.29 is 9.53 Å². The van der Waals surface area contributed by atoms with Gasteiger partial charge in [0.25, 0.3) is 5.91 Å². The van der Waals surface area contributed by atoms with E-state index < -0.39 is 0 Å². The van der Waals surface area contributed by atoms with Gasteiger partial charge < -0.3 is 14.6 Å². The van der Waals surface area contributed by atoms with Crippen LogP contribution in [0.4, 0.5) is 0 Å². The third kappa shape index (κ3) is 3.03. The molecule has 0 bridgehead atoms. The fraction of sp³-hybridized carbons (Fsp3) is 0.353. The monoisotopic (exact) mass is 327 g/mol. The van der Waals surface area contributed by atoms with E-state index in [-0.39, 0.29) is 5.91 Å². The molecule has 2 aromatic heterocycles. The van der Waals surface area contributed by atoms with Crippen molar-refractivity contribution in [1.82, 2.24) is 24.6 Å². The number of imidazole rings is 1. The Morgan fingerprint density at radius 1 is 1.33 bits per heavy atom. The number of amides is 1. The van der Waals surface area contributed by atoms with Gasteiger partial charge in [0.2, 0.25) is 0 Å². The lowest BCUT2D eigenvalue weighted by molar-refractivity contribution is 0.0947. The normalized spacial score (nSPS) is 11.1. The van der Waals surface area contributed by atoms with Gasteiger partial charge in [0.1, 0.15) is 12.4 Å². The van der Waals surface area contributed by atoms with Crippen molar-refractivity contribution in [2.45, 2.75) is 20.1 Å². The zero-order valence-electron chi connectivity index (χ0n) is 14.1. The zero-order valence-corrected chi connectivity index (χ0v) is 14.1. The number of para-hydroxylation sites is 1. The van der Waals surface area contributed by atoms with Gasteiger partial charge in [-0.25, -0.2) is 4.98 Å². The Morgan fingerprint density at radius 3 is 2.92 bits per heavy atom. The average Bonchev–Trinajstić information content (AvgIpc) is 3.10. The summed E-state index contributed by atoms with van der Waals surface area (Å²) in [6.45, 7) is 3.57. The Hall–Kier alpha value is -2.67. The molecule has 3 aromatic rings. The van der Waals surface area contributed by atoms with Crippen molar-refractivity contribution in [1.29, 1.82) is 0 Å². The van der Waals surface area contributed by atoms with Crippen LogP contribution in [-0.2, 0) is 24.9 Å². The number of carbonyl (C=O) groups excluding carboxylic acids is 1. The second-order valence-corrected chi connectivity index (χ2v) is 5.65. The Morgan fingerprint density at radius 2 is 2.12 bits per heavy atom. The quantitative estimate of drug-likeness (QED) is 0.747. The lowest BCUT2D eigenvalue weighted by Crippen LogP contribution is -2.28. The number of ether oxygens (including phenoxy) is 1. The molecule has 0 saturated carbocycles. The van der Waals surface area contributed by atoms with Crippen LogP contribution in [0, 0.1) is 6.92 Å². The number of fused-ring (bicyclic) bond motifs is 1. The summed E-state index contributed by atoms with van der Waals surface area (Å²) in [5.41, 5.74) is 2.43. The van der Waals surface area contributed by atoms with E-state index in [0.29, 0.717) is 25.4 Å². The molecule has 7 nitrogen and oxygen atoms in total. The van der Waals surface area contributed by atoms with Gasteiger partial charge in [0, 0.05) is 44.5 Å². The van der Waals surface area contributed by atoms with Crippen LogP contribution in [0.25, 0.3) is 10.9 Å². The molecule has 0 unspecified atom stereocenters. The average molecular weight is 327 g/mol. The predicted molar refractivity (Wildman–Crippen MR) is 90.7 cm³/mol. The smallest absolute Gasteiger partial charge is 0.272 e. The number of aromatic nitrogens is 4. The first-order valence-corrected chi connectivity index (χ1v) is 7.81.